The van der Waals surface area contributed by atoms with Gasteiger partial charge in [-0.25, -0.2) is 0 Å². The van der Waals surface area contributed by atoms with E-state index < -0.39 is 0 Å². The van der Waals surface area contributed by atoms with Gasteiger partial charge in [0.1, 0.15) is 0 Å². The van der Waals surface area contributed by atoms with Crippen LogP contribution < -0.4 is 5.32 Å². The molecule has 1 nitrogen and oxygen atoms in total. The third-order valence-corrected chi connectivity index (χ3v) is 4.03. The SMILES string of the molecule is CC1CCCC(C2CNC(C)C2)C1. The molecular formula is C12H23N. The van der Waals surface area contributed by atoms with Crippen LogP contribution in [0.25, 0.3) is 0 Å². The van der Waals surface area contributed by atoms with Crippen molar-refractivity contribution in [3.05, 3.63) is 0 Å². The fourth-order valence-electron chi connectivity index (χ4n) is 3.24. The Labute approximate surface area is 82.3 Å². The zero-order chi connectivity index (χ0) is 9.26. The van der Waals surface area contributed by atoms with E-state index in [0.717, 1.165) is 23.8 Å². The Morgan fingerprint density at radius 1 is 1.00 bits per heavy atom. The van der Waals surface area contributed by atoms with Gasteiger partial charge in [0.25, 0.3) is 0 Å². The Hall–Kier alpha value is -0.0400. The predicted molar refractivity (Wildman–Crippen MR) is 56.7 cm³/mol. The molecule has 2 aliphatic rings. The molecule has 1 saturated heterocycles. The first-order chi connectivity index (χ1) is 6.25. The molecule has 1 aliphatic heterocycles. The summed E-state index contributed by atoms with van der Waals surface area (Å²) in [6.45, 7) is 6.04. The van der Waals surface area contributed by atoms with Crippen LogP contribution in [0.4, 0.5) is 0 Å². The van der Waals surface area contributed by atoms with Gasteiger partial charge < -0.3 is 5.32 Å². The summed E-state index contributed by atoms with van der Waals surface area (Å²) in [4.78, 5) is 0. The van der Waals surface area contributed by atoms with Crippen LogP contribution in [-0.4, -0.2) is 12.6 Å². The van der Waals surface area contributed by atoms with Crippen molar-refractivity contribution in [3.63, 3.8) is 0 Å². The average molecular weight is 181 g/mol. The third kappa shape index (κ3) is 2.25. The van der Waals surface area contributed by atoms with Gasteiger partial charge in [0, 0.05) is 6.04 Å². The van der Waals surface area contributed by atoms with Crippen LogP contribution in [0, 0.1) is 17.8 Å². The van der Waals surface area contributed by atoms with Gasteiger partial charge in [-0.1, -0.05) is 26.2 Å². The molecule has 13 heavy (non-hydrogen) atoms. The van der Waals surface area contributed by atoms with Gasteiger partial charge in [0.15, 0.2) is 0 Å². The van der Waals surface area contributed by atoms with E-state index in [1.165, 1.54) is 38.6 Å². The van der Waals surface area contributed by atoms with Crippen molar-refractivity contribution in [2.24, 2.45) is 17.8 Å². The van der Waals surface area contributed by atoms with Crippen molar-refractivity contribution >= 4 is 0 Å². The molecule has 1 saturated carbocycles. The minimum absolute atomic E-state index is 0.780. The number of rotatable bonds is 1. The van der Waals surface area contributed by atoms with Crippen LogP contribution in [0.15, 0.2) is 0 Å². The minimum atomic E-state index is 0.780. The molecule has 1 heterocycles. The van der Waals surface area contributed by atoms with E-state index in [0.29, 0.717) is 0 Å². The van der Waals surface area contributed by atoms with Crippen molar-refractivity contribution in [2.75, 3.05) is 6.54 Å². The highest BCUT2D eigenvalue weighted by Crippen LogP contribution is 2.36. The Balaban J connectivity index is 1.85. The normalized spacial score (nSPS) is 46.6. The number of hydrogen-bond acceptors (Lipinski definition) is 1. The van der Waals surface area contributed by atoms with Crippen LogP contribution in [0.1, 0.15) is 46.0 Å². The van der Waals surface area contributed by atoms with Crippen molar-refractivity contribution < 1.29 is 0 Å². The minimum Gasteiger partial charge on any atom is -0.314 e. The molecule has 2 fully saturated rings. The fraction of sp³-hybridized carbons (Fsp3) is 1.00. The largest absolute Gasteiger partial charge is 0.314 e. The molecule has 0 radical (unpaired) electrons. The van der Waals surface area contributed by atoms with Crippen LogP contribution in [0.2, 0.25) is 0 Å². The first-order valence-corrected chi connectivity index (χ1v) is 5.99. The van der Waals surface area contributed by atoms with Gasteiger partial charge in [-0.15, -0.1) is 0 Å². The standard InChI is InChI=1S/C12H23N/c1-9-4-3-5-11(6-9)12-7-10(2)13-8-12/h9-13H,3-8H2,1-2H3. The zero-order valence-electron chi connectivity index (χ0n) is 9.05. The summed E-state index contributed by atoms with van der Waals surface area (Å²) in [5, 5.41) is 3.58. The second-order valence-corrected chi connectivity index (χ2v) is 5.34. The number of hydrogen-bond donors (Lipinski definition) is 1. The molecule has 0 aromatic carbocycles. The van der Waals surface area contributed by atoms with E-state index in [1.807, 2.05) is 0 Å². The number of nitrogens with one attached hydrogen (secondary N) is 1. The molecule has 0 aromatic heterocycles. The van der Waals surface area contributed by atoms with Gasteiger partial charge in [0.05, 0.1) is 0 Å². The lowest BCUT2D eigenvalue weighted by molar-refractivity contribution is 0.213. The Kier molecular flexibility index (Phi) is 2.92. The summed E-state index contributed by atoms with van der Waals surface area (Å²) in [6.07, 6.45) is 7.39. The Bertz CT molecular complexity index is 167. The van der Waals surface area contributed by atoms with E-state index in [4.69, 9.17) is 0 Å². The van der Waals surface area contributed by atoms with Crippen LogP contribution >= 0.6 is 0 Å². The van der Waals surface area contributed by atoms with Crippen molar-refractivity contribution in [1.29, 1.82) is 0 Å². The molecule has 1 heteroatoms. The summed E-state index contributed by atoms with van der Waals surface area (Å²) in [5.74, 6) is 3.04. The summed E-state index contributed by atoms with van der Waals surface area (Å²) in [7, 11) is 0. The second kappa shape index (κ2) is 4.00. The van der Waals surface area contributed by atoms with Crippen LogP contribution in [0.5, 0.6) is 0 Å². The lowest BCUT2D eigenvalue weighted by Crippen LogP contribution is -2.23. The maximum atomic E-state index is 3.58. The van der Waals surface area contributed by atoms with E-state index in [2.05, 4.69) is 19.2 Å². The molecule has 0 spiro atoms. The molecule has 0 bridgehead atoms. The van der Waals surface area contributed by atoms with Gasteiger partial charge in [0.2, 0.25) is 0 Å². The highest BCUT2D eigenvalue weighted by atomic mass is 14.9. The maximum Gasteiger partial charge on any atom is 0.00420 e. The highest BCUT2D eigenvalue weighted by Gasteiger charge is 2.30. The van der Waals surface area contributed by atoms with Crippen LogP contribution in [-0.2, 0) is 0 Å². The predicted octanol–water partition coefficient (Wildman–Crippen LogP) is 2.81. The maximum absolute atomic E-state index is 3.58. The summed E-state index contributed by atoms with van der Waals surface area (Å²) in [6, 6.07) is 0.780. The van der Waals surface area contributed by atoms with Crippen LogP contribution in [0.3, 0.4) is 0 Å². The van der Waals surface area contributed by atoms with Gasteiger partial charge in [-0.2, -0.15) is 0 Å². The second-order valence-electron chi connectivity index (χ2n) is 5.34. The average Bonchev–Trinajstić information content (AvgIpc) is 2.52. The topological polar surface area (TPSA) is 12.0 Å². The van der Waals surface area contributed by atoms with E-state index >= 15 is 0 Å². The quantitative estimate of drug-likeness (QED) is 0.656. The Morgan fingerprint density at radius 3 is 2.46 bits per heavy atom. The molecule has 0 aromatic rings. The fourth-order valence-corrected chi connectivity index (χ4v) is 3.24. The smallest absolute Gasteiger partial charge is 0.00420 e. The van der Waals surface area contributed by atoms with Gasteiger partial charge in [-0.3, -0.25) is 0 Å². The van der Waals surface area contributed by atoms with Crippen molar-refractivity contribution in [1.82, 2.24) is 5.32 Å². The molecular weight excluding hydrogens is 158 g/mol. The molecule has 1 aliphatic carbocycles. The van der Waals surface area contributed by atoms with Crippen molar-refractivity contribution in [3.8, 4) is 0 Å². The monoisotopic (exact) mass is 181 g/mol. The van der Waals surface area contributed by atoms with E-state index in [1.54, 1.807) is 0 Å². The van der Waals surface area contributed by atoms with Gasteiger partial charge in [-0.05, 0) is 44.1 Å². The summed E-state index contributed by atoms with van der Waals surface area (Å²) >= 11 is 0. The molecule has 1 N–H and O–H groups in total. The highest BCUT2D eigenvalue weighted by molar-refractivity contribution is 4.85. The molecule has 2 rings (SSSR count). The van der Waals surface area contributed by atoms with E-state index in [-0.39, 0.29) is 0 Å². The summed E-state index contributed by atoms with van der Waals surface area (Å²) < 4.78 is 0. The Morgan fingerprint density at radius 2 is 1.85 bits per heavy atom. The first kappa shape index (κ1) is 9.51. The lowest BCUT2D eigenvalue weighted by Gasteiger charge is -2.30. The van der Waals surface area contributed by atoms with Crippen molar-refractivity contribution in [2.45, 2.75) is 52.0 Å². The zero-order valence-corrected chi connectivity index (χ0v) is 9.05. The third-order valence-electron chi connectivity index (χ3n) is 4.03. The molecule has 4 unspecified atom stereocenters. The first-order valence-electron chi connectivity index (χ1n) is 5.99. The molecule has 0 amide bonds. The molecule has 76 valence electrons. The van der Waals surface area contributed by atoms with E-state index in [9.17, 15) is 0 Å². The summed E-state index contributed by atoms with van der Waals surface area (Å²) in [5.41, 5.74) is 0. The molecule has 4 atom stereocenters. The van der Waals surface area contributed by atoms with Gasteiger partial charge >= 0.3 is 0 Å². The lowest BCUT2D eigenvalue weighted by atomic mass is 9.75.